The number of hydrogen-bond acceptors (Lipinski definition) is 4. The number of aromatic nitrogens is 1. The summed E-state index contributed by atoms with van der Waals surface area (Å²) >= 11 is 0. The molecule has 2 amide bonds. The monoisotopic (exact) mass is 427 g/mol. The van der Waals surface area contributed by atoms with Gasteiger partial charge in [-0.25, -0.2) is 9.78 Å². The third-order valence-electron chi connectivity index (χ3n) is 4.59. The number of urea groups is 1. The fourth-order valence-electron chi connectivity index (χ4n) is 3.21. The maximum atomic E-state index is 13.0. The number of hydrogen-bond donors (Lipinski definition) is 3. The van der Waals surface area contributed by atoms with Crippen LogP contribution in [0.2, 0.25) is 0 Å². The van der Waals surface area contributed by atoms with E-state index in [0.29, 0.717) is 11.4 Å². The van der Waals surface area contributed by atoms with Crippen molar-refractivity contribution in [3.05, 3.63) is 64.7 Å². The van der Waals surface area contributed by atoms with E-state index in [4.69, 9.17) is 0 Å². The molecular weight excluding hydrogens is 407 g/mol. The summed E-state index contributed by atoms with van der Waals surface area (Å²) in [4.78, 5) is 16.5. The molecular formula is C22H20F3N5O. The van der Waals surface area contributed by atoms with Gasteiger partial charge in [-0.15, -0.1) is 0 Å². The molecule has 0 saturated heterocycles. The minimum Gasteiger partial charge on any atom is -0.367 e. The van der Waals surface area contributed by atoms with Gasteiger partial charge in [-0.2, -0.15) is 18.4 Å². The van der Waals surface area contributed by atoms with Gasteiger partial charge in [0.2, 0.25) is 0 Å². The van der Waals surface area contributed by atoms with Gasteiger partial charge in [0.1, 0.15) is 11.9 Å². The van der Waals surface area contributed by atoms with Gasteiger partial charge in [-0.3, -0.25) is 0 Å². The van der Waals surface area contributed by atoms with E-state index in [1.165, 1.54) is 18.2 Å². The van der Waals surface area contributed by atoms with Crippen molar-refractivity contribution in [3.63, 3.8) is 0 Å². The van der Waals surface area contributed by atoms with Gasteiger partial charge in [0.05, 0.1) is 22.3 Å². The van der Waals surface area contributed by atoms with Crippen molar-refractivity contribution in [1.29, 1.82) is 5.26 Å². The molecule has 3 aromatic rings. The van der Waals surface area contributed by atoms with Crippen LogP contribution >= 0.6 is 0 Å². The highest BCUT2D eigenvalue weighted by Gasteiger charge is 2.33. The number of pyridine rings is 1. The number of nitrogens with zero attached hydrogens (tertiary/aromatic N) is 2. The smallest absolute Gasteiger partial charge is 0.367 e. The van der Waals surface area contributed by atoms with Crippen LogP contribution in [0.4, 0.5) is 29.5 Å². The Morgan fingerprint density at radius 3 is 2.58 bits per heavy atom. The Bertz CT molecular complexity index is 1170. The summed E-state index contributed by atoms with van der Waals surface area (Å²) < 4.78 is 39.0. The molecule has 3 N–H and O–H groups in total. The molecule has 0 atom stereocenters. The second-order valence-electron chi connectivity index (χ2n) is 7.00. The lowest BCUT2D eigenvalue weighted by Crippen LogP contribution is -2.33. The standard InChI is InChI=1S/C22H20F3N5O/c1-13-9-14(2)16-11-15(12-26)20(29-19(16)10-13)27-7-8-28-21(31)30-18-6-4-3-5-17(18)22(23,24)25/h3-6,9-11H,7-8H2,1-2H3,(H,27,29)(H2,28,30,31). The molecule has 2 aromatic carbocycles. The summed E-state index contributed by atoms with van der Waals surface area (Å²) in [6, 6.07) is 11.8. The molecule has 1 heterocycles. The number of anilines is 2. The number of nitriles is 1. The van der Waals surface area contributed by atoms with Crippen LogP contribution in [-0.4, -0.2) is 24.1 Å². The Hall–Kier alpha value is -3.80. The summed E-state index contributed by atoms with van der Waals surface area (Å²) in [6.45, 7) is 4.24. The molecule has 6 nitrogen and oxygen atoms in total. The van der Waals surface area contributed by atoms with Crippen molar-refractivity contribution in [2.45, 2.75) is 20.0 Å². The van der Waals surface area contributed by atoms with Crippen molar-refractivity contribution >= 4 is 28.4 Å². The highest BCUT2D eigenvalue weighted by molar-refractivity contribution is 5.90. The average Bonchev–Trinajstić information content (AvgIpc) is 2.70. The molecule has 1 aromatic heterocycles. The maximum absolute atomic E-state index is 13.0. The van der Waals surface area contributed by atoms with Gasteiger partial charge in [0.25, 0.3) is 0 Å². The Morgan fingerprint density at radius 1 is 1.13 bits per heavy atom. The normalized spacial score (nSPS) is 11.1. The molecule has 0 spiro atoms. The second kappa shape index (κ2) is 8.92. The predicted molar refractivity (Wildman–Crippen MR) is 113 cm³/mol. The molecule has 0 aliphatic rings. The minimum absolute atomic E-state index is 0.109. The van der Waals surface area contributed by atoms with E-state index in [-0.39, 0.29) is 18.8 Å². The molecule has 160 valence electrons. The minimum atomic E-state index is -4.57. The van der Waals surface area contributed by atoms with Crippen molar-refractivity contribution in [2.75, 3.05) is 23.7 Å². The fourth-order valence-corrected chi connectivity index (χ4v) is 3.21. The second-order valence-corrected chi connectivity index (χ2v) is 7.00. The van der Waals surface area contributed by atoms with Gasteiger partial charge >= 0.3 is 12.2 Å². The van der Waals surface area contributed by atoms with E-state index in [9.17, 15) is 23.2 Å². The van der Waals surface area contributed by atoms with E-state index < -0.39 is 17.8 Å². The first-order valence-corrected chi connectivity index (χ1v) is 9.46. The maximum Gasteiger partial charge on any atom is 0.418 e. The number of benzene rings is 2. The quantitative estimate of drug-likeness (QED) is 0.501. The lowest BCUT2D eigenvalue weighted by molar-refractivity contribution is -0.136. The molecule has 0 unspecified atom stereocenters. The number of amides is 2. The summed E-state index contributed by atoms with van der Waals surface area (Å²) in [7, 11) is 0. The zero-order valence-electron chi connectivity index (χ0n) is 16.9. The first-order valence-electron chi connectivity index (χ1n) is 9.46. The highest BCUT2D eigenvalue weighted by Crippen LogP contribution is 2.34. The highest BCUT2D eigenvalue weighted by atomic mass is 19.4. The largest absolute Gasteiger partial charge is 0.418 e. The van der Waals surface area contributed by atoms with Gasteiger partial charge in [-0.1, -0.05) is 18.2 Å². The SMILES string of the molecule is Cc1cc(C)c2cc(C#N)c(NCCNC(=O)Nc3ccccc3C(F)(F)F)nc2c1. The van der Waals surface area contributed by atoms with E-state index >= 15 is 0 Å². The van der Waals surface area contributed by atoms with Gasteiger partial charge in [-0.05, 0) is 49.2 Å². The lowest BCUT2D eigenvalue weighted by atomic mass is 10.0. The number of alkyl halides is 3. The first-order chi connectivity index (χ1) is 14.7. The predicted octanol–water partition coefficient (Wildman–Crippen LogP) is 4.98. The molecule has 31 heavy (non-hydrogen) atoms. The van der Waals surface area contributed by atoms with Crippen LogP contribution < -0.4 is 16.0 Å². The third-order valence-corrected chi connectivity index (χ3v) is 4.59. The van der Waals surface area contributed by atoms with E-state index in [2.05, 4.69) is 27.0 Å². The van der Waals surface area contributed by atoms with Crippen LogP contribution in [0.1, 0.15) is 22.3 Å². The van der Waals surface area contributed by atoms with Crippen LogP contribution in [0.3, 0.4) is 0 Å². The molecule has 0 saturated carbocycles. The number of carbonyl (C=O) groups excluding carboxylic acids is 1. The molecule has 0 fully saturated rings. The molecule has 3 rings (SSSR count). The Morgan fingerprint density at radius 2 is 1.87 bits per heavy atom. The summed E-state index contributed by atoms with van der Waals surface area (Å²) in [5, 5.41) is 18.0. The summed E-state index contributed by atoms with van der Waals surface area (Å²) in [5.74, 6) is 0.379. The molecule has 0 radical (unpaired) electrons. The van der Waals surface area contributed by atoms with Gasteiger partial charge < -0.3 is 16.0 Å². The Kier molecular flexibility index (Phi) is 6.30. The Labute approximate surface area is 177 Å². The number of nitrogens with one attached hydrogen (secondary N) is 3. The topological polar surface area (TPSA) is 89.8 Å². The zero-order valence-corrected chi connectivity index (χ0v) is 16.9. The summed E-state index contributed by atoms with van der Waals surface area (Å²) in [5.41, 5.74) is 1.92. The molecule has 0 bridgehead atoms. The van der Waals surface area contributed by atoms with Crippen LogP contribution in [-0.2, 0) is 6.18 Å². The fraction of sp³-hybridized carbons (Fsp3) is 0.227. The number of aryl methyl sites for hydroxylation is 2. The number of fused-ring (bicyclic) bond motifs is 1. The molecule has 0 aliphatic heterocycles. The number of rotatable bonds is 5. The van der Waals surface area contributed by atoms with E-state index in [1.807, 2.05) is 26.0 Å². The average molecular weight is 427 g/mol. The van der Waals surface area contributed by atoms with Crippen LogP contribution in [0.25, 0.3) is 10.9 Å². The van der Waals surface area contributed by atoms with Crippen molar-refractivity contribution < 1.29 is 18.0 Å². The van der Waals surface area contributed by atoms with Crippen LogP contribution in [0.5, 0.6) is 0 Å². The summed E-state index contributed by atoms with van der Waals surface area (Å²) in [6.07, 6.45) is -4.57. The van der Waals surface area contributed by atoms with Crippen molar-refractivity contribution in [2.24, 2.45) is 0 Å². The van der Waals surface area contributed by atoms with Crippen LogP contribution in [0, 0.1) is 25.2 Å². The number of para-hydroxylation sites is 1. The van der Waals surface area contributed by atoms with E-state index in [1.54, 1.807) is 6.07 Å². The van der Waals surface area contributed by atoms with E-state index in [0.717, 1.165) is 28.1 Å². The zero-order chi connectivity index (χ0) is 22.6. The van der Waals surface area contributed by atoms with Crippen LogP contribution in [0.15, 0.2) is 42.5 Å². The Balaban J connectivity index is 1.62. The number of carbonyl (C=O) groups is 1. The van der Waals surface area contributed by atoms with Gasteiger partial charge in [0, 0.05) is 18.5 Å². The molecule has 0 aliphatic carbocycles. The first kappa shape index (κ1) is 21.9. The lowest BCUT2D eigenvalue weighted by Gasteiger charge is -2.14. The van der Waals surface area contributed by atoms with Crippen molar-refractivity contribution in [1.82, 2.24) is 10.3 Å². The third kappa shape index (κ3) is 5.22. The molecule has 9 heteroatoms. The van der Waals surface area contributed by atoms with Gasteiger partial charge in [0.15, 0.2) is 0 Å². The number of halogens is 3. The van der Waals surface area contributed by atoms with Crippen molar-refractivity contribution in [3.8, 4) is 6.07 Å².